The highest BCUT2D eigenvalue weighted by Crippen LogP contribution is 2.25. The Kier molecular flexibility index (Phi) is 7.22. The second-order valence-electron chi connectivity index (χ2n) is 6.88. The maximum absolute atomic E-state index is 13.0. The van der Waals surface area contributed by atoms with E-state index >= 15 is 0 Å². The third kappa shape index (κ3) is 5.51. The smallest absolute Gasteiger partial charge is 0.419 e. The van der Waals surface area contributed by atoms with Crippen LogP contribution >= 0.6 is 0 Å². The number of nitro benzene ring substituents is 1. The summed E-state index contributed by atoms with van der Waals surface area (Å²) in [5.74, 6) is 0.377. The molecule has 0 unspecified atom stereocenters. The first kappa shape index (κ1) is 22.5. The summed E-state index contributed by atoms with van der Waals surface area (Å²) < 4.78 is 15.5. The summed E-state index contributed by atoms with van der Waals surface area (Å²) in [5.41, 5.74) is 1.77. The summed E-state index contributed by atoms with van der Waals surface area (Å²) in [6, 6.07) is 12.0. The van der Waals surface area contributed by atoms with Gasteiger partial charge in [0.2, 0.25) is 0 Å². The van der Waals surface area contributed by atoms with Crippen molar-refractivity contribution in [3.8, 4) is 5.75 Å². The van der Waals surface area contributed by atoms with Gasteiger partial charge in [0.1, 0.15) is 11.5 Å². The minimum Gasteiger partial charge on any atom is -0.497 e. The third-order valence-electron chi connectivity index (χ3n) is 4.83. The Labute approximate surface area is 184 Å². The Hall–Kier alpha value is -4.14. The number of rotatable bonds is 7. The van der Waals surface area contributed by atoms with Gasteiger partial charge >= 0.3 is 12.1 Å². The largest absolute Gasteiger partial charge is 0.497 e. The molecule has 0 heterocycles. The van der Waals surface area contributed by atoms with E-state index in [1.165, 1.54) is 36.3 Å². The highest BCUT2D eigenvalue weighted by Gasteiger charge is 2.23. The number of hydrogen-bond acceptors (Lipinski definition) is 7. The lowest BCUT2D eigenvalue weighted by Gasteiger charge is -2.27. The van der Waals surface area contributed by atoms with E-state index in [0.717, 1.165) is 5.56 Å². The lowest BCUT2D eigenvalue weighted by molar-refractivity contribution is -0.384. The molecule has 2 aromatic rings. The first-order valence-electron chi connectivity index (χ1n) is 9.77. The molecule has 0 saturated heterocycles. The maximum atomic E-state index is 13.0. The van der Waals surface area contributed by atoms with Gasteiger partial charge in [-0.05, 0) is 54.8 Å². The van der Waals surface area contributed by atoms with Crippen LogP contribution in [0.4, 0.5) is 10.5 Å². The molecule has 32 heavy (non-hydrogen) atoms. The predicted molar refractivity (Wildman–Crippen MR) is 115 cm³/mol. The fraction of sp³-hybridized carbons (Fsp3) is 0.217. The molecule has 1 aliphatic rings. The molecule has 166 valence electrons. The van der Waals surface area contributed by atoms with Gasteiger partial charge in [0.05, 0.1) is 31.3 Å². The summed E-state index contributed by atoms with van der Waals surface area (Å²) in [5, 5.41) is 10.8. The standard InChI is InChI=1S/C23H22N2O7/c1-30-21-5-3-4-19(14-21)24(15-16-6-8-17(9-7-16)22(26)31-2)23(27)32-20-12-10-18(11-13-20)25(28)29/h5-14H,3-4,15H2,1-2H3. The van der Waals surface area contributed by atoms with Crippen molar-refractivity contribution in [2.45, 2.75) is 19.4 Å². The molecule has 0 aliphatic heterocycles. The van der Waals surface area contributed by atoms with Crippen LogP contribution < -0.4 is 4.74 Å². The summed E-state index contributed by atoms with van der Waals surface area (Å²) in [7, 11) is 2.86. The zero-order valence-electron chi connectivity index (χ0n) is 17.6. The number of benzene rings is 2. The lowest BCUT2D eigenvalue weighted by Crippen LogP contribution is -2.33. The fourth-order valence-corrected chi connectivity index (χ4v) is 3.13. The van der Waals surface area contributed by atoms with Crippen LogP contribution in [0, 0.1) is 10.1 Å². The van der Waals surface area contributed by atoms with Crippen LogP contribution in [0.25, 0.3) is 0 Å². The van der Waals surface area contributed by atoms with E-state index in [0.29, 0.717) is 29.9 Å². The van der Waals surface area contributed by atoms with Gasteiger partial charge in [-0.15, -0.1) is 0 Å². The van der Waals surface area contributed by atoms with Gasteiger partial charge in [0.25, 0.3) is 5.69 Å². The molecule has 0 radical (unpaired) electrons. The van der Waals surface area contributed by atoms with E-state index in [-0.39, 0.29) is 18.0 Å². The summed E-state index contributed by atoms with van der Waals surface area (Å²) in [6.45, 7) is 0.191. The quantitative estimate of drug-likeness (QED) is 0.353. The number of carbonyl (C=O) groups is 2. The monoisotopic (exact) mass is 438 g/mol. The number of nitro groups is 1. The van der Waals surface area contributed by atoms with Crippen LogP contribution in [0.5, 0.6) is 5.75 Å². The molecule has 9 nitrogen and oxygen atoms in total. The van der Waals surface area contributed by atoms with E-state index in [1.54, 1.807) is 37.5 Å². The van der Waals surface area contributed by atoms with Gasteiger partial charge in [-0.3, -0.25) is 15.0 Å². The van der Waals surface area contributed by atoms with Crippen LogP contribution in [0.3, 0.4) is 0 Å². The van der Waals surface area contributed by atoms with Gasteiger partial charge in [-0.2, -0.15) is 0 Å². The SMILES string of the molecule is COC(=O)c1ccc(CN(C(=O)Oc2ccc([N+](=O)[O-])cc2)C2=CC(OC)=CCC2)cc1. The normalized spacial score (nSPS) is 12.8. The van der Waals surface area contributed by atoms with Gasteiger partial charge < -0.3 is 14.2 Å². The molecule has 1 amide bonds. The topological polar surface area (TPSA) is 108 Å². The molecular weight excluding hydrogens is 416 g/mol. The molecule has 0 N–H and O–H groups in total. The zero-order valence-corrected chi connectivity index (χ0v) is 17.6. The van der Waals surface area contributed by atoms with Crippen LogP contribution in [-0.4, -0.2) is 36.1 Å². The molecule has 0 aromatic heterocycles. The minimum absolute atomic E-state index is 0.0998. The average molecular weight is 438 g/mol. The van der Waals surface area contributed by atoms with E-state index in [2.05, 4.69) is 0 Å². The van der Waals surface area contributed by atoms with Gasteiger partial charge in [-0.25, -0.2) is 9.59 Å². The van der Waals surface area contributed by atoms with E-state index < -0.39 is 17.0 Å². The van der Waals surface area contributed by atoms with Gasteiger partial charge in [0, 0.05) is 17.8 Å². The van der Waals surface area contributed by atoms with E-state index in [9.17, 15) is 19.7 Å². The average Bonchev–Trinajstić information content (AvgIpc) is 2.82. The Morgan fingerprint density at radius 2 is 1.75 bits per heavy atom. The molecule has 3 rings (SSSR count). The summed E-state index contributed by atoms with van der Waals surface area (Å²) >= 11 is 0. The van der Waals surface area contributed by atoms with Crippen molar-refractivity contribution in [1.82, 2.24) is 4.90 Å². The number of non-ortho nitro benzene ring substituents is 1. The zero-order chi connectivity index (χ0) is 23.1. The molecule has 1 aliphatic carbocycles. The Morgan fingerprint density at radius 3 is 2.34 bits per heavy atom. The van der Waals surface area contributed by atoms with Gasteiger partial charge in [0.15, 0.2) is 0 Å². The van der Waals surface area contributed by atoms with Crippen molar-refractivity contribution in [1.29, 1.82) is 0 Å². The molecule has 0 atom stereocenters. The van der Waals surface area contributed by atoms with E-state index in [4.69, 9.17) is 14.2 Å². The highest BCUT2D eigenvalue weighted by molar-refractivity contribution is 5.89. The van der Waals surface area contributed by atoms with Crippen LogP contribution in [-0.2, 0) is 16.0 Å². The van der Waals surface area contributed by atoms with Crippen molar-refractivity contribution in [3.05, 3.63) is 93.4 Å². The van der Waals surface area contributed by atoms with Crippen molar-refractivity contribution in [3.63, 3.8) is 0 Å². The fourth-order valence-electron chi connectivity index (χ4n) is 3.13. The number of esters is 1. The number of methoxy groups -OCH3 is 2. The van der Waals surface area contributed by atoms with Crippen LogP contribution in [0.2, 0.25) is 0 Å². The number of nitrogens with zero attached hydrogens (tertiary/aromatic N) is 2. The first-order valence-corrected chi connectivity index (χ1v) is 9.77. The molecule has 9 heteroatoms. The molecule has 0 fully saturated rings. The number of amides is 1. The highest BCUT2D eigenvalue weighted by atomic mass is 16.6. The Bertz CT molecular complexity index is 1060. The van der Waals surface area contributed by atoms with Crippen LogP contribution in [0.1, 0.15) is 28.8 Å². The number of hydrogen-bond donors (Lipinski definition) is 0. The molecule has 0 saturated carbocycles. The first-order chi connectivity index (χ1) is 15.4. The number of ether oxygens (including phenoxy) is 3. The summed E-state index contributed by atoms with van der Waals surface area (Å²) in [6.07, 6.45) is 4.34. The third-order valence-corrected chi connectivity index (χ3v) is 4.83. The minimum atomic E-state index is -0.639. The Morgan fingerprint density at radius 1 is 1.06 bits per heavy atom. The second kappa shape index (κ2) is 10.3. The predicted octanol–water partition coefficient (Wildman–Crippen LogP) is 4.59. The van der Waals surface area contributed by atoms with Gasteiger partial charge in [-0.1, -0.05) is 12.1 Å². The maximum Gasteiger partial charge on any atom is 0.419 e. The lowest BCUT2D eigenvalue weighted by atomic mass is 10.1. The molecule has 0 bridgehead atoms. The second-order valence-corrected chi connectivity index (χ2v) is 6.88. The molecule has 0 spiro atoms. The molecule has 2 aromatic carbocycles. The van der Waals surface area contributed by atoms with Crippen molar-refractivity contribution in [2.75, 3.05) is 14.2 Å². The number of carbonyl (C=O) groups excluding carboxylic acids is 2. The number of allylic oxidation sites excluding steroid dienone is 3. The van der Waals surface area contributed by atoms with Crippen LogP contribution in [0.15, 0.2) is 72.1 Å². The van der Waals surface area contributed by atoms with E-state index in [1.807, 2.05) is 6.08 Å². The Balaban J connectivity index is 1.84. The van der Waals surface area contributed by atoms with Crippen molar-refractivity contribution >= 4 is 17.7 Å². The summed E-state index contributed by atoms with van der Waals surface area (Å²) in [4.78, 5) is 36.5. The van der Waals surface area contributed by atoms with Crippen molar-refractivity contribution < 1.29 is 28.7 Å². The van der Waals surface area contributed by atoms with Crippen molar-refractivity contribution in [2.24, 2.45) is 0 Å². The molecular formula is C23H22N2O7.